The monoisotopic (exact) mass is 339 g/mol. The first-order valence-electron chi connectivity index (χ1n) is 5.39. The molecule has 2 aromatic carbocycles. The van der Waals surface area contributed by atoms with Gasteiger partial charge in [0, 0.05) is 6.07 Å². The average Bonchev–Trinajstić information content (AvgIpc) is 2.42. The predicted molar refractivity (Wildman–Crippen MR) is 72.7 cm³/mol. The van der Waals surface area contributed by atoms with Crippen molar-refractivity contribution in [3.63, 3.8) is 0 Å². The van der Waals surface area contributed by atoms with E-state index in [0.717, 1.165) is 6.07 Å². The summed E-state index contributed by atoms with van der Waals surface area (Å²) in [5.41, 5.74) is -0.199. The van der Waals surface area contributed by atoms with Crippen molar-refractivity contribution in [2.75, 3.05) is 0 Å². The molecule has 7 heteroatoms. The van der Waals surface area contributed by atoms with Gasteiger partial charge in [-0.3, -0.25) is 14.9 Å². The Morgan fingerprint density at radius 1 is 1.25 bits per heavy atom. The van der Waals surface area contributed by atoms with E-state index in [0.29, 0.717) is 6.29 Å². The molecule has 0 unspecified atom stereocenters. The summed E-state index contributed by atoms with van der Waals surface area (Å²) in [5, 5.41) is 10.8. The van der Waals surface area contributed by atoms with Crippen molar-refractivity contribution in [1.82, 2.24) is 0 Å². The van der Waals surface area contributed by atoms with Gasteiger partial charge < -0.3 is 4.74 Å². The second kappa shape index (κ2) is 5.79. The molecule has 0 aliphatic heterocycles. The summed E-state index contributed by atoms with van der Waals surface area (Å²) in [6, 6.07) is 8.00. The summed E-state index contributed by atoms with van der Waals surface area (Å²) in [5.74, 6) is -0.955. The highest BCUT2D eigenvalue weighted by molar-refractivity contribution is 9.10. The lowest BCUT2D eigenvalue weighted by Gasteiger charge is -2.10. The Bertz CT molecular complexity index is 690. The summed E-state index contributed by atoms with van der Waals surface area (Å²) in [6.07, 6.45) is 0.448. The van der Waals surface area contributed by atoms with Crippen LogP contribution in [0.5, 0.6) is 11.5 Å². The van der Waals surface area contributed by atoms with Crippen molar-refractivity contribution < 1.29 is 18.8 Å². The van der Waals surface area contributed by atoms with E-state index < -0.39 is 10.7 Å². The zero-order chi connectivity index (χ0) is 14.7. The normalized spacial score (nSPS) is 10.1. The maximum Gasteiger partial charge on any atom is 0.287 e. The van der Waals surface area contributed by atoms with Gasteiger partial charge in [0.05, 0.1) is 10.5 Å². The number of hydrogen-bond acceptors (Lipinski definition) is 4. The van der Waals surface area contributed by atoms with Crippen LogP contribution in [0.2, 0.25) is 0 Å². The number of benzene rings is 2. The van der Waals surface area contributed by atoms with E-state index >= 15 is 0 Å². The minimum absolute atomic E-state index is 0.0170. The van der Waals surface area contributed by atoms with Crippen LogP contribution in [0.15, 0.2) is 40.9 Å². The van der Waals surface area contributed by atoms with Crippen molar-refractivity contribution in [2.45, 2.75) is 0 Å². The predicted octanol–water partition coefficient (Wildman–Crippen LogP) is 4.10. The summed E-state index contributed by atoms with van der Waals surface area (Å²) in [4.78, 5) is 21.1. The summed E-state index contributed by atoms with van der Waals surface area (Å²) >= 11 is 3.03. The van der Waals surface area contributed by atoms with E-state index in [4.69, 9.17) is 4.74 Å². The molecule has 0 aliphatic carbocycles. The van der Waals surface area contributed by atoms with Crippen LogP contribution in [-0.4, -0.2) is 11.2 Å². The van der Waals surface area contributed by atoms with E-state index in [-0.39, 0.29) is 27.2 Å². The largest absolute Gasteiger partial charge is 0.452 e. The lowest BCUT2D eigenvalue weighted by molar-refractivity contribution is -0.385. The van der Waals surface area contributed by atoms with E-state index in [2.05, 4.69) is 15.9 Å². The van der Waals surface area contributed by atoms with Gasteiger partial charge in [-0.2, -0.15) is 0 Å². The topological polar surface area (TPSA) is 69.4 Å². The Balaban J connectivity index is 2.48. The third-order valence-corrected chi connectivity index (χ3v) is 3.27. The maximum absolute atomic E-state index is 13.7. The molecule has 0 spiro atoms. The third-order valence-electron chi connectivity index (χ3n) is 2.48. The first-order chi connectivity index (χ1) is 9.54. The van der Waals surface area contributed by atoms with Crippen LogP contribution in [0.1, 0.15) is 10.4 Å². The molecule has 0 radical (unpaired) electrons. The van der Waals surface area contributed by atoms with Crippen molar-refractivity contribution >= 4 is 27.9 Å². The number of nitro benzene ring substituents is 1. The number of rotatable bonds is 4. The van der Waals surface area contributed by atoms with Gasteiger partial charge in [0.15, 0.2) is 17.9 Å². The van der Waals surface area contributed by atoms with Crippen molar-refractivity contribution in [1.29, 1.82) is 0 Å². The van der Waals surface area contributed by atoms with Gasteiger partial charge >= 0.3 is 0 Å². The summed E-state index contributed by atoms with van der Waals surface area (Å²) < 4.78 is 19.0. The quantitative estimate of drug-likeness (QED) is 0.477. The lowest BCUT2D eigenvalue weighted by Crippen LogP contribution is -1.96. The second-order valence-electron chi connectivity index (χ2n) is 3.72. The van der Waals surface area contributed by atoms with Crippen molar-refractivity contribution in [3.05, 3.63) is 62.4 Å². The zero-order valence-electron chi connectivity index (χ0n) is 9.88. The van der Waals surface area contributed by atoms with E-state index in [9.17, 15) is 19.3 Å². The summed E-state index contributed by atoms with van der Waals surface area (Å²) in [7, 11) is 0. The standard InChI is InChI=1S/C13H7BrFNO4/c14-12-10(16(18)19)5-2-6-11(12)20-13-8(7-17)3-1-4-9(13)15/h1-7H. The average molecular weight is 340 g/mol. The molecule has 0 saturated heterocycles. The highest BCUT2D eigenvalue weighted by Gasteiger charge is 2.18. The molecular formula is C13H7BrFNO4. The van der Waals surface area contributed by atoms with Gasteiger partial charge in [-0.15, -0.1) is 0 Å². The minimum atomic E-state index is -0.729. The van der Waals surface area contributed by atoms with Crippen molar-refractivity contribution in [3.8, 4) is 11.5 Å². The fourth-order valence-electron chi connectivity index (χ4n) is 1.55. The third kappa shape index (κ3) is 2.67. The first-order valence-corrected chi connectivity index (χ1v) is 6.18. The number of carbonyl (C=O) groups is 1. The number of nitro groups is 1. The van der Waals surface area contributed by atoms with Crippen LogP contribution >= 0.6 is 15.9 Å². The number of ether oxygens (including phenoxy) is 1. The smallest absolute Gasteiger partial charge is 0.287 e. The number of para-hydroxylation sites is 1. The molecule has 0 bridgehead atoms. The van der Waals surface area contributed by atoms with Gasteiger partial charge in [-0.1, -0.05) is 12.1 Å². The molecular weight excluding hydrogens is 333 g/mol. The van der Waals surface area contributed by atoms with E-state index in [1.807, 2.05) is 0 Å². The van der Waals surface area contributed by atoms with Crippen LogP contribution < -0.4 is 4.74 Å². The van der Waals surface area contributed by atoms with Crippen LogP contribution in [0, 0.1) is 15.9 Å². The number of halogens is 2. The van der Waals surface area contributed by atoms with Gasteiger partial charge in [0.25, 0.3) is 5.69 Å². The lowest BCUT2D eigenvalue weighted by atomic mass is 10.2. The molecule has 20 heavy (non-hydrogen) atoms. The Morgan fingerprint density at radius 2 is 1.95 bits per heavy atom. The molecule has 0 saturated carbocycles. The molecule has 102 valence electrons. The molecule has 0 heterocycles. The molecule has 0 atom stereocenters. The highest BCUT2D eigenvalue weighted by atomic mass is 79.9. The molecule has 0 aliphatic rings. The zero-order valence-corrected chi connectivity index (χ0v) is 11.5. The van der Waals surface area contributed by atoms with Gasteiger partial charge in [-0.05, 0) is 34.1 Å². The SMILES string of the molecule is O=Cc1cccc(F)c1Oc1cccc([N+](=O)[O-])c1Br. The minimum Gasteiger partial charge on any atom is -0.452 e. The Labute approximate surface area is 121 Å². The van der Waals surface area contributed by atoms with Gasteiger partial charge in [0.1, 0.15) is 10.2 Å². The molecule has 0 fully saturated rings. The molecule has 0 N–H and O–H groups in total. The molecule has 2 aromatic rings. The number of nitrogens with zero attached hydrogens (tertiary/aromatic N) is 1. The Hall–Kier alpha value is -2.28. The van der Waals surface area contributed by atoms with Crippen LogP contribution in [0.4, 0.5) is 10.1 Å². The number of aldehydes is 1. The highest BCUT2D eigenvalue weighted by Crippen LogP contribution is 2.37. The molecule has 5 nitrogen and oxygen atoms in total. The summed E-state index contributed by atoms with van der Waals surface area (Å²) in [6.45, 7) is 0. The fraction of sp³-hybridized carbons (Fsp3) is 0. The maximum atomic E-state index is 13.7. The molecule has 0 amide bonds. The number of hydrogen-bond donors (Lipinski definition) is 0. The fourth-order valence-corrected chi connectivity index (χ4v) is 2.05. The Kier molecular flexibility index (Phi) is 4.09. The van der Waals surface area contributed by atoms with E-state index in [1.54, 1.807) is 0 Å². The number of carbonyl (C=O) groups excluding carboxylic acids is 1. The van der Waals surface area contributed by atoms with Crippen LogP contribution in [-0.2, 0) is 0 Å². The van der Waals surface area contributed by atoms with Crippen LogP contribution in [0.3, 0.4) is 0 Å². The van der Waals surface area contributed by atoms with E-state index in [1.165, 1.54) is 30.3 Å². The van der Waals surface area contributed by atoms with Gasteiger partial charge in [0.2, 0.25) is 0 Å². The second-order valence-corrected chi connectivity index (χ2v) is 4.52. The van der Waals surface area contributed by atoms with Crippen molar-refractivity contribution in [2.24, 2.45) is 0 Å². The molecule has 2 rings (SSSR count). The Morgan fingerprint density at radius 3 is 2.60 bits per heavy atom. The molecule has 0 aromatic heterocycles. The first kappa shape index (κ1) is 14.1. The van der Waals surface area contributed by atoms with Gasteiger partial charge in [-0.25, -0.2) is 4.39 Å². The van der Waals surface area contributed by atoms with Crippen LogP contribution in [0.25, 0.3) is 0 Å².